The largest absolute Gasteiger partial charge is 0.355 e. The lowest BCUT2D eigenvalue weighted by Gasteiger charge is -2.33. The molecule has 0 unspecified atom stereocenters. The average molecular weight is 494 g/mol. The number of nitrogens with zero attached hydrogens (tertiary/aromatic N) is 2. The topological polar surface area (TPSA) is 104 Å². The van der Waals surface area contributed by atoms with Gasteiger partial charge in [0.15, 0.2) is 9.84 Å². The van der Waals surface area contributed by atoms with Crippen molar-refractivity contribution in [2.24, 2.45) is 0 Å². The van der Waals surface area contributed by atoms with Crippen LogP contribution in [-0.2, 0) is 30.4 Å². The molecule has 0 bridgehead atoms. The predicted octanol–water partition coefficient (Wildman–Crippen LogP) is 1.42. The van der Waals surface area contributed by atoms with E-state index in [0.717, 1.165) is 11.1 Å². The number of carbonyl (C=O) groups excluding carboxylic acids is 1. The third kappa shape index (κ3) is 7.63. The SMILES string of the molecule is Cc1ccc(S(=O)(=O)N2CCN(CC(=O)NCCCS(=O)(=O)Cc3ccccc3)CC2)cc1. The first-order valence-electron chi connectivity index (χ1n) is 11.0. The van der Waals surface area contributed by atoms with E-state index in [2.05, 4.69) is 5.32 Å². The molecule has 1 aliphatic heterocycles. The summed E-state index contributed by atoms with van der Waals surface area (Å²) in [4.78, 5) is 14.4. The van der Waals surface area contributed by atoms with Gasteiger partial charge in [0.1, 0.15) is 0 Å². The molecule has 8 nitrogen and oxygen atoms in total. The molecule has 0 atom stereocenters. The number of sulfonamides is 1. The summed E-state index contributed by atoms with van der Waals surface area (Å²) in [7, 11) is -6.77. The minimum Gasteiger partial charge on any atom is -0.355 e. The van der Waals surface area contributed by atoms with Crippen LogP contribution in [-0.4, -0.2) is 77.0 Å². The molecule has 3 rings (SSSR count). The van der Waals surface area contributed by atoms with Gasteiger partial charge in [-0.25, -0.2) is 16.8 Å². The standard InChI is InChI=1S/C23H31N3O5S2/c1-20-8-10-22(11-9-20)33(30,31)26-15-13-25(14-16-26)18-23(27)24-12-5-17-32(28,29)19-21-6-3-2-4-7-21/h2-4,6-11H,5,12-19H2,1H3,(H,24,27). The van der Waals surface area contributed by atoms with Gasteiger partial charge >= 0.3 is 0 Å². The van der Waals surface area contributed by atoms with E-state index in [4.69, 9.17) is 0 Å². The number of benzene rings is 2. The van der Waals surface area contributed by atoms with Crippen LogP contribution in [0.15, 0.2) is 59.5 Å². The molecule has 1 fully saturated rings. The quantitative estimate of drug-likeness (QED) is 0.502. The predicted molar refractivity (Wildman–Crippen MR) is 128 cm³/mol. The second kappa shape index (κ2) is 11.2. The highest BCUT2D eigenvalue weighted by atomic mass is 32.2. The molecule has 10 heteroatoms. The van der Waals surface area contributed by atoms with Crippen molar-refractivity contribution < 1.29 is 21.6 Å². The lowest BCUT2D eigenvalue weighted by Crippen LogP contribution is -2.51. The van der Waals surface area contributed by atoms with E-state index < -0.39 is 19.9 Å². The van der Waals surface area contributed by atoms with Crippen LogP contribution in [0, 0.1) is 6.92 Å². The Labute approximate surface area is 196 Å². The number of piperazine rings is 1. The van der Waals surface area contributed by atoms with Crippen LogP contribution in [0.5, 0.6) is 0 Å². The molecule has 0 aromatic heterocycles. The van der Waals surface area contributed by atoms with Crippen LogP contribution >= 0.6 is 0 Å². The Kier molecular flexibility index (Phi) is 8.63. The van der Waals surface area contributed by atoms with Crippen molar-refractivity contribution in [3.05, 3.63) is 65.7 Å². The molecule has 1 N–H and O–H groups in total. The van der Waals surface area contributed by atoms with Gasteiger partial charge in [-0.15, -0.1) is 0 Å². The molecule has 0 radical (unpaired) electrons. The molecule has 2 aromatic carbocycles. The van der Waals surface area contributed by atoms with Gasteiger partial charge in [0.25, 0.3) is 0 Å². The lowest BCUT2D eigenvalue weighted by molar-refractivity contribution is -0.122. The minimum atomic E-state index is -3.54. The summed E-state index contributed by atoms with van der Waals surface area (Å²) in [6, 6.07) is 15.8. The summed E-state index contributed by atoms with van der Waals surface area (Å²) < 4.78 is 51.4. The summed E-state index contributed by atoms with van der Waals surface area (Å²) in [6.07, 6.45) is 0.351. The number of hydrogen-bond acceptors (Lipinski definition) is 6. The number of nitrogens with one attached hydrogen (secondary N) is 1. The number of hydrogen-bond donors (Lipinski definition) is 1. The molecule has 2 aromatic rings. The first-order valence-corrected chi connectivity index (χ1v) is 14.2. The highest BCUT2D eigenvalue weighted by molar-refractivity contribution is 7.90. The van der Waals surface area contributed by atoms with E-state index in [1.54, 1.807) is 36.4 Å². The van der Waals surface area contributed by atoms with Crippen LogP contribution in [0.1, 0.15) is 17.5 Å². The molecule has 33 heavy (non-hydrogen) atoms. The van der Waals surface area contributed by atoms with Gasteiger partial charge in [-0.1, -0.05) is 48.0 Å². The summed E-state index contributed by atoms with van der Waals surface area (Å²) in [5, 5.41) is 2.76. The summed E-state index contributed by atoms with van der Waals surface area (Å²) in [6.45, 7) is 3.92. The maximum atomic E-state index is 12.8. The van der Waals surface area contributed by atoms with E-state index in [-0.39, 0.29) is 35.4 Å². The van der Waals surface area contributed by atoms with Crippen molar-refractivity contribution in [3.63, 3.8) is 0 Å². The van der Waals surface area contributed by atoms with Crippen LogP contribution in [0.2, 0.25) is 0 Å². The average Bonchev–Trinajstić information content (AvgIpc) is 2.78. The maximum absolute atomic E-state index is 12.8. The Bertz CT molecular complexity index is 1130. The van der Waals surface area contributed by atoms with Gasteiger partial charge in [0.2, 0.25) is 15.9 Å². The number of aryl methyl sites for hydroxylation is 1. The zero-order chi connectivity index (χ0) is 23.9. The highest BCUT2D eigenvalue weighted by Gasteiger charge is 2.28. The number of rotatable bonds is 10. The lowest BCUT2D eigenvalue weighted by atomic mass is 10.2. The summed E-state index contributed by atoms with van der Waals surface area (Å²) in [5.74, 6) is -0.180. The van der Waals surface area contributed by atoms with Gasteiger partial charge in [-0.3, -0.25) is 9.69 Å². The molecular weight excluding hydrogens is 462 g/mol. The number of amides is 1. The van der Waals surface area contributed by atoms with Crippen molar-refractivity contribution in [2.75, 3.05) is 45.0 Å². The Morgan fingerprint density at radius 1 is 0.909 bits per heavy atom. The normalized spacial score (nSPS) is 15.9. The smallest absolute Gasteiger partial charge is 0.243 e. The fraction of sp³-hybridized carbons (Fsp3) is 0.435. The third-order valence-corrected chi connectivity index (χ3v) is 9.14. The zero-order valence-corrected chi connectivity index (χ0v) is 20.4. The van der Waals surface area contributed by atoms with Crippen LogP contribution in [0.25, 0.3) is 0 Å². The fourth-order valence-electron chi connectivity index (χ4n) is 3.67. The summed E-state index contributed by atoms with van der Waals surface area (Å²) in [5.41, 5.74) is 1.75. The molecule has 180 valence electrons. The van der Waals surface area contributed by atoms with E-state index in [1.807, 2.05) is 30.0 Å². The van der Waals surface area contributed by atoms with Gasteiger partial charge in [-0.2, -0.15) is 4.31 Å². The maximum Gasteiger partial charge on any atom is 0.243 e. The molecule has 1 heterocycles. The second-order valence-electron chi connectivity index (χ2n) is 8.27. The molecule has 0 aliphatic carbocycles. The van der Waals surface area contributed by atoms with Crippen molar-refractivity contribution in [2.45, 2.75) is 24.0 Å². The van der Waals surface area contributed by atoms with Crippen molar-refractivity contribution in [1.29, 1.82) is 0 Å². The highest BCUT2D eigenvalue weighted by Crippen LogP contribution is 2.18. The molecular formula is C23H31N3O5S2. The van der Waals surface area contributed by atoms with Gasteiger partial charge in [-0.05, 0) is 31.0 Å². The Balaban J connectivity index is 1.37. The van der Waals surface area contributed by atoms with Crippen molar-refractivity contribution in [3.8, 4) is 0 Å². The van der Waals surface area contributed by atoms with E-state index >= 15 is 0 Å². The monoisotopic (exact) mass is 493 g/mol. The van der Waals surface area contributed by atoms with Gasteiger partial charge in [0, 0.05) is 32.7 Å². The van der Waals surface area contributed by atoms with E-state index in [9.17, 15) is 21.6 Å². The van der Waals surface area contributed by atoms with Crippen LogP contribution in [0.3, 0.4) is 0 Å². The van der Waals surface area contributed by atoms with Crippen molar-refractivity contribution in [1.82, 2.24) is 14.5 Å². The molecule has 1 amide bonds. The van der Waals surface area contributed by atoms with E-state index in [1.165, 1.54) is 4.31 Å². The van der Waals surface area contributed by atoms with E-state index in [0.29, 0.717) is 32.6 Å². The first-order chi connectivity index (χ1) is 15.7. The molecule has 0 saturated carbocycles. The fourth-order valence-corrected chi connectivity index (χ4v) is 6.52. The van der Waals surface area contributed by atoms with Crippen molar-refractivity contribution >= 4 is 25.8 Å². The summed E-state index contributed by atoms with van der Waals surface area (Å²) >= 11 is 0. The third-order valence-electron chi connectivity index (χ3n) is 5.54. The van der Waals surface area contributed by atoms with Crippen LogP contribution < -0.4 is 5.32 Å². The molecule has 1 saturated heterocycles. The van der Waals surface area contributed by atoms with Gasteiger partial charge < -0.3 is 5.32 Å². The molecule has 1 aliphatic rings. The zero-order valence-electron chi connectivity index (χ0n) is 18.8. The minimum absolute atomic E-state index is 0.00242. The number of carbonyl (C=O) groups is 1. The Morgan fingerprint density at radius 2 is 1.55 bits per heavy atom. The van der Waals surface area contributed by atoms with Gasteiger partial charge in [0.05, 0.1) is 22.9 Å². The second-order valence-corrected chi connectivity index (χ2v) is 12.4. The van der Waals surface area contributed by atoms with Crippen LogP contribution in [0.4, 0.5) is 0 Å². The first kappa shape index (κ1) is 25.4. The number of sulfone groups is 1. The Hall–Kier alpha value is -2.27. The molecule has 0 spiro atoms. The Morgan fingerprint density at radius 3 is 2.18 bits per heavy atom.